The smallest absolute Gasteiger partial charge is 0.251 e. The zero-order valence-electron chi connectivity index (χ0n) is 13.2. The summed E-state index contributed by atoms with van der Waals surface area (Å²) in [5.74, 6) is -0.122. The van der Waals surface area contributed by atoms with Crippen LogP contribution in [0.15, 0.2) is 24.3 Å². The van der Waals surface area contributed by atoms with Gasteiger partial charge in [-0.25, -0.2) is 12.7 Å². The number of benzene rings is 1. The van der Waals surface area contributed by atoms with E-state index in [4.69, 9.17) is 0 Å². The molecule has 1 aliphatic rings. The van der Waals surface area contributed by atoms with Gasteiger partial charge in [0, 0.05) is 24.7 Å². The van der Waals surface area contributed by atoms with Crippen LogP contribution >= 0.6 is 0 Å². The number of amides is 1. The molecule has 0 aromatic heterocycles. The standard InChI is InChI=1S/C16H24N2O3S/c1-3-13(2)17-16(19)15-8-6-14(7-9-15)12-22(20,21)18-10-4-5-11-18/h6-9,13H,3-5,10-12H2,1-2H3,(H,17,19)/t13-/m1/s1. The largest absolute Gasteiger partial charge is 0.350 e. The molecule has 0 radical (unpaired) electrons. The van der Waals surface area contributed by atoms with E-state index in [1.165, 1.54) is 0 Å². The molecular formula is C16H24N2O3S. The van der Waals surface area contributed by atoms with Crippen LogP contribution in [0.4, 0.5) is 0 Å². The van der Waals surface area contributed by atoms with Gasteiger partial charge in [-0.2, -0.15) is 0 Å². The molecule has 1 aromatic rings. The van der Waals surface area contributed by atoms with E-state index in [0.29, 0.717) is 24.2 Å². The van der Waals surface area contributed by atoms with Crippen molar-refractivity contribution in [2.24, 2.45) is 0 Å². The van der Waals surface area contributed by atoms with E-state index < -0.39 is 10.0 Å². The molecule has 1 atom stereocenters. The van der Waals surface area contributed by atoms with Gasteiger partial charge >= 0.3 is 0 Å². The summed E-state index contributed by atoms with van der Waals surface area (Å²) in [6, 6.07) is 6.94. The van der Waals surface area contributed by atoms with Crippen molar-refractivity contribution in [3.63, 3.8) is 0 Å². The molecule has 22 heavy (non-hydrogen) atoms. The van der Waals surface area contributed by atoms with E-state index in [9.17, 15) is 13.2 Å². The monoisotopic (exact) mass is 324 g/mol. The van der Waals surface area contributed by atoms with Crippen LogP contribution in [0, 0.1) is 0 Å². The Hall–Kier alpha value is -1.40. The Morgan fingerprint density at radius 2 is 1.82 bits per heavy atom. The predicted molar refractivity (Wildman–Crippen MR) is 87.1 cm³/mol. The van der Waals surface area contributed by atoms with Crippen LogP contribution in [0.25, 0.3) is 0 Å². The summed E-state index contributed by atoms with van der Waals surface area (Å²) < 4.78 is 26.1. The molecule has 0 unspecified atom stereocenters. The number of carbonyl (C=O) groups is 1. The number of hydrogen-bond acceptors (Lipinski definition) is 3. The molecule has 0 aliphatic carbocycles. The summed E-state index contributed by atoms with van der Waals surface area (Å²) in [5, 5.41) is 2.89. The van der Waals surface area contributed by atoms with E-state index in [2.05, 4.69) is 5.32 Å². The molecule has 1 aromatic carbocycles. The number of rotatable bonds is 6. The average Bonchev–Trinajstić information content (AvgIpc) is 3.02. The lowest BCUT2D eigenvalue weighted by Gasteiger charge is -2.15. The fourth-order valence-corrected chi connectivity index (χ4v) is 4.04. The summed E-state index contributed by atoms with van der Waals surface area (Å²) in [4.78, 5) is 12.0. The lowest BCUT2D eigenvalue weighted by atomic mass is 10.1. The molecule has 1 aliphatic heterocycles. The Morgan fingerprint density at radius 1 is 1.23 bits per heavy atom. The van der Waals surface area contributed by atoms with Crippen LogP contribution in [0.5, 0.6) is 0 Å². The maximum Gasteiger partial charge on any atom is 0.251 e. The van der Waals surface area contributed by atoms with Crippen molar-refractivity contribution in [3.05, 3.63) is 35.4 Å². The van der Waals surface area contributed by atoms with Gasteiger partial charge in [-0.05, 0) is 43.9 Å². The van der Waals surface area contributed by atoms with Crippen molar-refractivity contribution >= 4 is 15.9 Å². The summed E-state index contributed by atoms with van der Waals surface area (Å²) in [5.41, 5.74) is 1.27. The first-order valence-corrected chi connectivity index (χ1v) is 9.41. The minimum Gasteiger partial charge on any atom is -0.350 e. The molecule has 1 N–H and O–H groups in total. The molecule has 0 spiro atoms. The molecule has 0 saturated carbocycles. The molecule has 0 bridgehead atoms. The van der Waals surface area contributed by atoms with Gasteiger partial charge in [0.25, 0.3) is 5.91 Å². The number of sulfonamides is 1. The topological polar surface area (TPSA) is 66.5 Å². The van der Waals surface area contributed by atoms with Gasteiger partial charge in [-0.3, -0.25) is 4.79 Å². The average molecular weight is 324 g/mol. The van der Waals surface area contributed by atoms with Gasteiger partial charge in [0.1, 0.15) is 0 Å². The summed E-state index contributed by atoms with van der Waals surface area (Å²) >= 11 is 0. The number of hydrogen-bond donors (Lipinski definition) is 1. The van der Waals surface area contributed by atoms with Crippen LogP contribution in [0.3, 0.4) is 0 Å². The van der Waals surface area contributed by atoms with Gasteiger partial charge in [0.15, 0.2) is 0 Å². The highest BCUT2D eigenvalue weighted by Crippen LogP contribution is 2.17. The highest BCUT2D eigenvalue weighted by Gasteiger charge is 2.25. The van der Waals surface area contributed by atoms with Gasteiger partial charge in [-0.1, -0.05) is 19.1 Å². The lowest BCUT2D eigenvalue weighted by molar-refractivity contribution is 0.0939. The van der Waals surface area contributed by atoms with Gasteiger partial charge in [0.05, 0.1) is 5.75 Å². The Morgan fingerprint density at radius 3 is 2.36 bits per heavy atom. The summed E-state index contributed by atoms with van der Waals surface area (Å²) in [7, 11) is -3.24. The lowest BCUT2D eigenvalue weighted by Crippen LogP contribution is -2.32. The third kappa shape index (κ3) is 4.30. The Labute approximate surface area is 132 Å². The Kier molecular flexibility index (Phi) is 5.58. The molecule has 2 rings (SSSR count). The Balaban J connectivity index is 2.01. The maximum absolute atomic E-state index is 12.3. The number of nitrogens with one attached hydrogen (secondary N) is 1. The van der Waals surface area contributed by atoms with Crippen LogP contribution < -0.4 is 5.32 Å². The second kappa shape index (κ2) is 7.24. The van der Waals surface area contributed by atoms with E-state index in [0.717, 1.165) is 19.3 Å². The van der Waals surface area contributed by atoms with Crippen molar-refractivity contribution in [2.75, 3.05) is 13.1 Å². The number of carbonyl (C=O) groups excluding carboxylic acids is 1. The van der Waals surface area contributed by atoms with E-state index in [1.54, 1.807) is 28.6 Å². The molecule has 1 saturated heterocycles. The molecule has 1 heterocycles. The normalized spacial score (nSPS) is 17.4. The molecule has 1 fully saturated rings. The zero-order valence-corrected chi connectivity index (χ0v) is 14.0. The quantitative estimate of drug-likeness (QED) is 0.872. The fraction of sp³-hybridized carbons (Fsp3) is 0.562. The zero-order chi connectivity index (χ0) is 16.2. The van der Waals surface area contributed by atoms with Crippen molar-refractivity contribution in [2.45, 2.75) is 44.9 Å². The van der Waals surface area contributed by atoms with E-state index in [1.807, 2.05) is 13.8 Å². The summed E-state index contributed by atoms with van der Waals surface area (Å²) in [6.45, 7) is 5.21. The maximum atomic E-state index is 12.3. The van der Waals surface area contributed by atoms with Gasteiger partial charge < -0.3 is 5.32 Å². The summed E-state index contributed by atoms with van der Waals surface area (Å²) in [6.07, 6.45) is 2.75. The van der Waals surface area contributed by atoms with Crippen LogP contribution in [0.1, 0.15) is 49.0 Å². The first-order valence-electron chi connectivity index (χ1n) is 7.80. The van der Waals surface area contributed by atoms with Crippen molar-refractivity contribution in [3.8, 4) is 0 Å². The van der Waals surface area contributed by atoms with Crippen molar-refractivity contribution in [1.82, 2.24) is 9.62 Å². The van der Waals surface area contributed by atoms with Crippen LogP contribution in [-0.2, 0) is 15.8 Å². The minimum atomic E-state index is -3.24. The number of nitrogens with zero attached hydrogens (tertiary/aromatic N) is 1. The third-order valence-electron chi connectivity index (χ3n) is 4.01. The van der Waals surface area contributed by atoms with Crippen molar-refractivity contribution < 1.29 is 13.2 Å². The second-order valence-electron chi connectivity index (χ2n) is 5.84. The highest BCUT2D eigenvalue weighted by molar-refractivity contribution is 7.88. The predicted octanol–water partition coefficient (Wildman–Crippen LogP) is 2.14. The SMILES string of the molecule is CC[C@@H](C)NC(=O)c1ccc(CS(=O)(=O)N2CCCC2)cc1. The second-order valence-corrected chi connectivity index (χ2v) is 7.81. The van der Waals surface area contributed by atoms with Gasteiger partial charge in [0.2, 0.25) is 10.0 Å². The van der Waals surface area contributed by atoms with E-state index >= 15 is 0 Å². The fourth-order valence-electron chi connectivity index (χ4n) is 2.43. The van der Waals surface area contributed by atoms with Gasteiger partial charge in [-0.15, -0.1) is 0 Å². The molecule has 5 nitrogen and oxygen atoms in total. The minimum absolute atomic E-state index is 0.000260. The first-order chi connectivity index (χ1) is 10.4. The van der Waals surface area contributed by atoms with Crippen molar-refractivity contribution in [1.29, 1.82) is 0 Å². The molecular weight excluding hydrogens is 300 g/mol. The third-order valence-corrected chi connectivity index (χ3v) is 5.86. The molecule has 122 valence electrons. The van der Waals surface area contributed by atoms with E-state index in [-0.39, 0.29) is 17.7 Å². The first kappa shape index (κ1) is 17.0. The molecule has 6 heteroatoms. The Bertz CT molecular complexity index is 605. The highest BCUT2D eigenvalue weighted by atomic mass is 32.2. The van der Waals surface area contributed by atoms with Crippen LogP contribution in [-0.4, -0.2) is 37.8 Å². The van der Waals surface area contributed by atoms with Crippen LogP contribution in [0.2, 0.25) is 0 Å². The molecule has 1 amide bonds.